The third-order valence-corrected chi connectivity index (χ3v) is 5.40. The Labute approximate surface area is 145 Å². The number of nitrogens with zero attached hydrogens (tertiary/aromatic N) is 4. The molecular formula is C17H23BrN4O. The molecule has 6 heteroatoms. The zero-order valence-electron chi connectivity index (χ0n) is 14.1. The summed E-state index contributed by atoms with van der Waals surface area (Å²) in [6.07, 6.45) is 1.09. The second-order valence-corrected chi connectivity index (χ2v) is 7.36. The summed E-state index contributed by atoms with van der Waals surface area (Å²) in [6, 6.07) is 6.81. The molecule has 0 radical (unpaired) electrons. The van der Waals surface area contributed by atoms with Gasteiger partial charge in [-0.25, -0.2) is 4.79 Å². The molecule has 0 saturated carbocycles. The normalized spacial score (nSPS) is 22.7. The lowest BCUT2D eigenvalue weighted by Crippen LogP contribution is -2.56. The number of fused-ring (bicyclic) bond motifs is 1. The summed E-state index contributed by atoms with van der Waals surface area (Å²) in [6.45, 7) is 6.29. The summed E-state index contributed by atoms with van der Waals surface area (Å²) in [7, 11) is 3.95. The molecule has 1 aromatic carbocycles. The highest BCUT2D eigenvalue weighted by atomic mass is 79.9. The highest BCUT2D eigenvalue weighted by molar-refractivity contribution is 9.10. The van der Waals surface area contributed by atoms with E-state index in [1.807, 2.05) is 12.1 Å². The van der Waals surface area contributed by atoms with Crippen LogP contribution in [-0.4, -0.2) is 46.7 Å². The summed E-state index contributed by atoms with van der Waals surface area (Å²) >= 11 is 3.54. The summed E-state index contributed by atoms with van der Waals surface area (Å²) in [4.78, 5) is 21.4. The number of hydrogen-bond donors (Lipinski definition) is 0. The molecule has 0 N–H and O–H groups in total. The van der Waals surface area contributed by atoms with Gasteiger partial charge in [-0.05, 0) is 38.6 Å². The summed E-state index contributed by atoms with van der Waals surface area (Å²) in [5.74, 6) is 0.809. The van der Waals surface area contributed by atoms with Gasteiger partial charge in [-0.1, -0.05) is 22.9 Å². The molecule has 1 aliphatic rings. The number of hydrogen-bond acceptors (Lipinski definition) is 4. The fraction of sp³-hybridized carbons (Fsp3) is 0.529. The van der Waals surface area contributed by atoms with E-state index in [2.05, 4.69) is 57.7 Å². The highest BCUT2D eigenvalue weighted by Crippen LogP contribution is 2.29. The van der Waals surface area contributed by atoms with Gasteiger partial charge in [0.25, 0.3) is 0 Å². The molecule has 2 aromatic rings. The van der Waals surface area contributed by atoms with E-state index in [1.54, 1.807) is 11.6 Å². The first-order valence-electron chi connectivity index (χ1n) is 8.05. The summed E-state index contributed by atoms with van der Waals surface area (Å²) in [5, 5.41) is 1.02. The quantitative estimate of drug-likeness (QED) is 0.805. The van der Waals surface area contributed by atoms with Crippen LogP contribution in [0, 0.1) is 0 Å². The van der Waals surface area contributed by atoms with Gasteiger partial charge in [0.1, 0.15) is 5.82 Å². The molecule has 3 rings (SSSR count). The smallest absolute Gasteiger partial charge is 0.349 e. The molecule has 1 fully saturated rings. The van der Waals surface area contributed by atoms with Crippen LogP contribution in [0.4, 0.5) is 5.82 Å². The van der Waals surface area contributed by atoms with Crippen molar-refractivity contribution in [3.05, 3.63) is 33.2 Å². The van der Waals surface area contributed by atoms with Gasteiger partial charge in [0.05, 0.1) is 5.52 Å². The average Bonchev–Trinajstić information content (AvgIpc) is 2.51. The number of likely N-dealkylation sites (N-methyl/N-ethyl adjacent to an activating group) is 1. The molecule has 23 heavy (non-hydrogen) atoms. The molecule has 1 saturated heterocycles. The van der Waals surface area contributed by atoms with Crippen LogP contribution in [0.2, 0.25) is 0 Å². The number of benzene rings is 1. The molecule has 0 spiro atoms. The summed E-state index contributed by atoms with van der Waals surface area (Å²) < 4.78 is 2.61. The minimum Gasteiger partial charge on any atom is -0.350 e. The number of aryl methyl sites for hydroxylation is 1. The molecule has 0 bridgehead atoms. The molecule has 1 aliphatic heterocycles. The van der Waals surface area contributed by atoms with E-state index < -0.39 is 0 Å². The Kier molecular flexibility index (Phi) is 4.47. The van der Waals surface area contributed by atoms with E-state index in [9.17, 15) is 4.79 Å². The van der Waals surface area contributed by atoms with Gasteiger partial charge in [-0.15, -0.1) is 0 Å². The van der Waals surface area contributed by atoms with Crippen molar-refractivity contribution in [2.45, 2.75) is 32.4 Å². The monoisotopic (exact) mass is 378 g/mol. The van der Waals surface area contributed by atoms with Crippen LogP contribution in [0.15, 0.2) is 27.5 Å². The zero-order valence-corrected chi connectivity index (χ0v) is 15.7. The third-order valence-electron chi connectivity index (χ3n) is 4.91. The van der Waals surface area contributed by atoms with Gasteiger partial charge < -0.3 is 4.90 Å². The maximum atomic E-state index is 12.3. The highest BCUT2D eigenvalue weighted by Gasteiger charge is 2.30. The second kappa shape index (κ2) is 6.24. The van der Waals surface area contributed by atoms with Gasteiger partial charge in [0.15, 0.2) is 0 Å². The predicted octanol–water partition coefficient (Wildman–Crippen LogP) is 2.61. The van der Waals surface area contributed by atoms with Crippen molar-refractivity contribution in [3.8, 4) is 0 Å². The van der Waals surface area contributed by atoms with E-state index in [4.69, 9.17) is 0 Å². The lowest BCUT2D eigenvalue weighted by Gasteiger charge is -2.44. The van der Waals surface area contributed by atoms with Crippen LogP contribution in [0.25, 0.3) is 10.9 Å². The largest absolute Gasteiger partial charge is 0.350 e. The Bertz CT molecular complexity index is 788. The van der Waals surface area contributed by atoms with Crippen LogP contribution in [-0.2, 0) is 7.05 Å². The Morgan fingerprint density at radius 2 is 2.04 bits per heavy atom. The molecule has 2 atom stereocenters. The molecule has 2 heterocycles. The molecule has 0 unspecified atom stereocenters. The molecule has 0 aliphatic carbocycles. The minimum absolute atomic E-state index is 0.200. The second-order valence-electron chi connectivity index (χ2n) is 6.44. The maximum Gasteiger partial charge on any atom is 0.349 e. The maximum absolute atomic E-state index is 12.3. The van der Waals surface area contributed by atoms with Gasteiger partial charge >= 0.3 is 5.69 Å². The van der Waals surface area contributed by atoms with Crippen molar-refractivity contribution < 1.29 is 0 Å². The Balaban J connectivity index is 2.17. The van der Waals surface area contributed by atoms with Crippen molar-refractivity contribution in [2.24, 2.45) is 7.05 Å². The van der Waals surface area contributed by atoms with E-state index in [0.717, 1.165) is 40.7 Å². The molecule has 5 nitrogen and oxygen atoms in total. The first-order chi connectivity index (χ1) is 10.9. The zero-order chi connectivity index (χ0) is 16.7. The molecule has 1 aromatic heterocycles. The van der Waals surface area contributed by atoms with Gasteiger partial charge in [-0.2, -0.15) is 4.98 Å². The lowest BCUT2D eigenvalue weighted by molar-refractivity contribution is 0.187. The minimum atomic E-state index is -0.200. The van der Waals surface area contributed by atoms with Crippen molar-refractivity contribution in [1.29, 1.82) is 0 Å². The van der Waals surface area contributed by atoms with Crippen LogP contribution in [0.3, 0.4) is 0 Å². The average molecular weight is 379 g/mol. The first kappa shape index (κ1) is 16.5. The van der Waals surface area contributed by atoms with Crippen molar-refractivity contribution in [2.75, 3.05) is 25.0 Å². The SMILES string of the molecule is CC[C@@H]1CN(c2nc(=O)n(C)c3ccc(Br)cc23)[C@@H](C)CN1C. The van der Waals surface area contributed by atoms with Crippen LogP contribution < -0.4 is 10.6 Å². The number of aromatic nitrogens is 2. The summed E-state index contributed by atoms with van der Waals surface area (Å²) in [5.41, 5.74) is 0.719. The fourth-order valence-electron chi connectivity index (χ4n) is 3.47. The Morgan fingerprint density at radius 3 is 2.74 bits per heavy atom. The molecular weight excluding hydrogens is 356 g/mol. The van der Waals surface area contributed by atoms with Crippen molar-refractivity contribution in [3.63, 3.8) is 0 Å². The topological polar surface area (TPSA) is 41.4 Å². The molecule has 124 valence electrons. The third kappa shape index (κ3) is 2.90. The van der Waals surface area contributed by atoms with Gasteiger partial charge in [0, 0.05) is 42.1 Å². The predicted molar refractivity (Wildman–Crippen MR) is 98.2 cm³/mol. The standard InChI is InChI=1S/C17H23BrN4O/c1-5-13-10-22(11(2)9-20(13)3)16-14-8-12(18)6-7-15(14)21(4)17(23)19-16/h6-8,11,13H,5,9-10H2,1-4H3/t11-,13+/m0/s1. The lowest BCUT2D eigenvalue weighted by atomic mass is 10.1. The van der Waals surface area contributed by atoms with E-state index >= 15 is 0 Å². The van der Waals surface area contributed by atoms with Gasteiger partial charge in [0.2, 0.25) is 0 Å². The van der Waals surface area contributed by atoms with Crippen LogP contribution in [0.5, 0.6) is 0 Å². The molecule has 0 amide bonds. The number of piperazine rings is 1. The van der Waals surface area contributed by atoms with Crippen LogP contribution in [0.1, 0.15) is 20.3 Å². The number of halogens is 1. The first-order valence-corrected chi connectivity index (χ1v) is 8.84. The van der Waals surface area contributed by atoms with E-state index in [1.165, 1.54) is 0 Å². The van der Waals surface area contributed by atoms with E-state index in [0.29, 0.717) is 12.1 Å². The Morgan fingerprint density at radius 1 is 1.30 bits per heavy atom. The number of rotatable bonds is 2. The fourth-order valence-corrected chi connectivity index (χ4v) is 3.84. The van der Waals surface area contributed by atoms with Crippen molar-refractivity contribution in [1.82, 2.24) is 14.5 Å². The van der Waals surface area contributed by atoms with Gasteiger partial charge in [-0.3, -0.25) is 9.47 Å². The van der Waals surface area contributed by atoms with E-state index in [-0.39, 0.29) is 5.69 Å². The van der Waals surface area contributed by atoms with Crippen LogP contribution >= 0.6 is 15.9 Å². The number of anilines is 1. The Hall–Kier alpha value is -1.40. The van der Waals surface area contributed by atoms with Crippen molar-refractivity contribution >= 4 is 32.7 Å².